The fourth-order valence-electron chi connectivity index (χ4n) is 4.36. The summed E-state index contributed by atoms with van der Waals surface area (Å²) in [6.45, 7) is 2.80. The van der Waals surface area contributed by atoms with Gasteiger partial charge < -0.3 is 39.4 Å². The number of unbranched alkanes of at least 4 members (excludes halogenated alkanes) is 1. The van der Waals surface area contributed by atoms with E-state index < -0.39 is 62.9 Å². The van der Waals surface area contributed by atoms with Gasteiger partial charge in [-0.15, -0.1) is 0 Å². The van der Waals surface area contributed by atoms with Crippen LogP contribution in [0, 0.1) is 0 Å². The number of rotatable bonds is 12. The summed E-state index contributed by atoms with van der Waals surface area (Å²) in [7, 11) is -2.96. The van der Waals surface area contributed by atoms with E-state index in [1.54, 1.807) is 12.1 Å². The Bertz CT molecular complexity index is 979. The number of aliphatic hydroxyl groups is 3. The molecule has 3 rings (SSSR count). The van der Waals surface area contributed by atoms with Crippen molar-refractivity contribution in [3.8, 4) is 11.5 Å². The van der Waals surface area contributed by atoms with E-state index in [-0.39, 0.29) is 18.9 Å². The first-order valence-corrected chi connectivity index (χ1v) is 14.1. The maximum atomic E-state index is 14.5. The number of carbonyl (C=O) groups excluding carboxylic acids is 2. The molecule has 214 valence electrons. The highest BCUT2D eigenvalue weighted by Crippen LogP contribution is 2.57. The van der Waals surface area contributed by atoms with Crippen LogP contribution < -0.4 is 14.6 Å². The monoisotopic (exact) mass is 560 g/mol. The van der Waals surface area contributed by atoms with E-state index >= 15 is 0 Å². The first-order chi connectivity index (χ1) is 18.1. The second-order valence-electron chi connectivity index (χ2n) is 9.11. The molecule has 2 aliphatic rings. The van der Waals surface area contributed by atoms with Crippen molar-refractivity contribution in [2.24, 2.45) is 0 Å². The van der Waals surface area contributed by atoms with E-state index in [9.17, 15) is 29.5 Å². The summed E-state index contributed by atoms with van der Waals surface area (Å²) in [5.74, 6) is -0.492. The maximum absolute atomic E-state index is 14.5. The molecule has 1 amide bonds. The molecule has 2 saturated heterocycles. The van der Waals surface area contributed by atoms with Gasteiger partial charge in [-0.05, 0) is 43.5 Å². The zero-order chi connectivity index (χ0) is 27.9. The number of carbonyl (C=O) groups is 2. The van der Waals surface area contributed by atoms with Crippen LogP contribution in [0.5, 0.6) is 11.5 Å². The van der Waals surface area contributed by atoms with Crippen LogP contribution in [0.4, 0.5) is 0 Å². The standard InChI is InChI=1S/C24H37N2O11P/c1-4-5-13-34-23(30)18-7-6-12-26(18)38(32,36-17-10-8-16(33-3)9-11-17)37-22-19(14-27)35-24(31)20(21(22)29)25-15(2)28/h8-11,18-22,24,27,29,31H,4-7,12-14H2,1-3H3,(H,25,28)/t18?,19-,20-,21-,22-,24+,38?/m1/s1. The molecule has 14 heteroatoms. The van der Waals surface area contributed by atoms with Crippen molar-refractivity contribution in [1.82, 2.24) is 9.99 Å². The molecule has 2 fully saturated rings. The minimum absolute atomic E-state index is 0.129. The molecule has 38 heavy (non-hydrogen) atoms. The van der Waals surface area contributed by atoms with Gasteiger partial charge in [0, 0.05) is 13.5 Å². The van der Waals surface area contributed by atoms with Crippen molar-refractivity contribution in [3.63, 3.8) is 0 Å². The summed E-state index contributed by atoms with van der Waals surface area (Å²) >= 11 is 0. The number of hydrogen-bond donors (Lipinski definition) is 4. The molecule has 1 aromatic carbocycles. The zero-order valence-electron chi connectivity index (χ0n) is 21.7. The summed E-state index contributed by atoms with van der Waals surface area (Å²) < 4.78 is 43.5. The van der Waals surface area contributed by atoms with Gasteiger partial charge in [0.25, 0.3) is 0 Å². The minimum Gasteiger partial charge on any atom is -0.497 e. The van der Waals surface area contributed by atoms with Crippen LogP contribution in [-0.2, 0) is 28.2 Å². The molecule has 2 unspecified atom stereocenters. The van der Waals surface area contributed by atoms with Gasteiger partial charge in [-0.3, -0.25) is 14.1 Å². The lowest BCUT2D eigenvalue weighted by Crippen LogP contribution is -2.64. The van der Waals surface area contributed by atoms with Crippen molar-refractivity contribution in [1.29, 1.82) is 0 Å². The molecule has 0 aliphatic carbocycles. The number of hydrogen-bond acceptors (Lipinski definition) is 11. The average molecular weight is 561 g/mol. The largest absolute Gasteiger partial charge is 0.497 e. The molecular weight excluding hydrogens is 523 g/mol. The third kappa shape index (κ3) is 7.23. The Morgan fingerprint density at radius 2 is 1.89 bits per heavy atom. The predicted octanol–water partition coefficient (Wildman–Crippen LogP) is 0.950. The molecule has 2 heterocycles. The van der Waals surface area contributed by atoms with Crippen LogP contribution in [0.1, 0.15) is 39.5 Å². The summed E-state index contributed by atoms with van der Waals surface area (Å²) in [5.41, 5.74) is 0. The molecule has 2 aliphatic heterocycles. The van der Waals surface area contributed by atoms with Crippen molar-refractivity contribution in [2.75, 3.05) is 26.9 Å². The highest BCUT2D eigenvalue weighted by molar-refractivity contribution is 7.51. The van der Waals surface area contributed by atoms with Gasteiger partial charge in [0.15, 0.2) is 6.29 Å². The minimum atomic E-state index is -4.45. The van der Waals surface area contributed by atoms with E-state index in [2.05, 4.69) is 5.32 Å². The lowest BCUT2D eigenvalue weighted by atomic mass is 9.97. The number of esters is 1. The number of ether oxygens (including phenoxy) is 3. The smallest absolute Gasteiger partial charge is 0.462 e. The average Bonchev–Trinajstić information content (AvgIpc) is 3.40. The molecule has 1 aromatic rings. The van der Waals surface area contributed by atoms with Gasteiger partial charge >= 0.3 is 13.7 Å². The Morgan fingerprint density at radius 1 is 1.21 bits per heavy atom. The van der Waals surface area contributed by atoms with Gasteiger partial charge in [0.05, 0.1) is 20.3 Å². The van der Waals surface area contributed by atoms with E-state index in [4.69, 9.17) is 23.3 Å². The van der Waals surface area contributed by atoms with Crippen LogP contribution in [-0.4, -0.2) is 95.4 Å². The molecule has 0 aromatic heterocycles. The summed E-state index contributed by atoms with van der Waals surface area (Å²) in [6.07, 6.45) is -3.82. The fraction of sp³-hybridized carbons (Fsp3) is 0.667. The van der Waals surface area contributed by atoms with Gasteiger partial charge in [0.1, 0.15) is 41.9 Å². The summed E-state index contributed by atoms with van der Waals surface area (Å²) in [6, 6.07) is 3.88. The molecular formula is C24H37N2O11P. The second-order valence-corrected chi connectivity index (χ2v) is 11.0. The van der Waals surface area contributed by atoms with Gasteiger partial charge in [-0.1, -0.05) is 13.3 Å². The first-order valence-electron chi connectivity index (χ1n) is 12.6. The van der Waals surface area contributed by atoms with Crippen molar-refractivity contribution >= 4 is 19.6 Å². The molecule has 13 nitrogen and oxygen atoms in total. The fourth-order valence-corrected chi connectivity index (χ4v) is 6.52. The Kier molecular flexibility index (Phi) is 10.9. The van der Waals surface area contributed by atoms with Gasteiger partial charge in [0.2, 0.25) is 5.91 Å². The molecule has 7 atom stereocenters. The van der Waals surface area contributed by atoms with Crippen LogP contribution in [0.3, 0.4) is 0 Å². The van der Waals surface area contributed by atoms with E-state index in [0.29, 0.717) is 25.0 Å². The number of aliphatic hydroxyl groups excluding tert-OH is 3. The topological polar surface area (TPSA) is 173 Å². The maximum Gasteiger partial charge on any atom is 0.462 e. The summed E-state index contributed by atoms with van der Waals surface area (Å²) in [5, 5.41) is 33.5. The Morgan fingerprint density at radius 3 is 2.50 bits per heavy atom. The van der Waals surface area contributed by atoms with Gasteiger partial charge in [-0.25, -0.2) is 4.57 Å². The quantitative estimate of drug-likeness (QED) is 0.162. The van der Waals surface area contributed by atoms with Gasteiger partial charge in [-0.2, -0.15) is 4.67 Å². The Balaban J connectivity index is 1.95. The van der Waals surface area contributed by atoms with E-state index in [1.807, 2.05) is 6.92 Å². The number of nitrogens with one attached hydrogen (secondary N) is 1. The number of nitrogens with zero attached hydrogens (tertiary/aromatic N) is 1. The molecule has 0 saturated carbocycles. The summed E-state index contributed by atoms with van der Waals surface area (Å²) in [4.78, 5) is 24.5. The predicted molar refractivity (Wildman–Crippen MR) is 133 cm³/mol. The number of methoxy groups -OCH3 is 1. The van der Waals surface area contributed by atoms with Crippen molar-refractivity contribution in [2.45, 2.75) is 76.2 Å². The molecule has 0 radical (unpaired) electrons. The third-order valence-corrected chi connectivity index (χ3v) is 8.39. The molecule has 0 spiro atoms. The van der Waals surface area contributed by atoms with Crippen LogP contribution in [0.15, 0.2) is 24.3 Å². The number of amides is 1. The molecule has 0 bridgehead atoms. The third-order valence-electron chi connectivity index (χ3n) is 6.33. The van der Waals surface area contributed by atoms with E-state index in [0.717, 1.165) is 6.42 Å². The highest BCUT2D eigenvalue weighted by Gasteiger charge is 2.53. The normalized spacial score (nSPS) is 29.3. The van der Waals surface area contributed by atoms with Crippen molar-refractivity contribution < 1.29 is 52.7 Å². The number of benzene rings is 1. The second kappa shape index (κ2) is 13.7. The lowest BCUT2D eigenvalue weighted by molar-refractivity contribution is -0.250. The molecule has 4 N–H and O–H groups in total. The Hall–Kier alpha value is -2.25. The lowest BCUT2D eigenvalue weighted by Gasteiger charge is -2.43. The Labute approximate surface area is 221 Å². The first kappa shape index (κ1) is 30.3. The SMILES string of the molecule is CCCCOC(=O)C1CCCN1P(=O)(Oc1ccc(OC)cc1)O[C@H]1[C@H](O)[C@@H](NC(C)=O)[C@@H](O)O[C@@H]1CO. The zero-order valence-corrected chi connectivity index (χ0v) is 22.6. The van der Waals surface area contributed by atoms with Crippen LogP contribution >= 0.6 is 7.75 Å². The van der Waals surface area contributed by atoms with Crippen LogP contribution in [0.2, 0.25) is 0 Å². The van der Waals surface area contributed by atoms with E-state index in [1.165, 1.54) is 30.8 Å². The van der Waals surface area contributed by atoms with Crippen molar-refractivity contribution in [3.05, 3.63) is 24.3 Å². The highest BCUT2D eigenvalue weighted by atomic mass is 31.2. The van der Waals surface area contributed by atoms with Crippen LogP contribution in [0.25, 0.3) is 0 Å².